The van der Waals surface area contributed by atoms with Crippen LogP contribution in [-0.2, 0) is 6.54 Å². The van der Waals surface area contributed by atoms with Gasteiger partial charge in [0.1, 0.15) is 11.6 Å². The molecule has 2 aromatic rings. The Kier molecular flexibility index (Phi) is 3.32. The zero-order valence-corrected chi connectivity index (χ0v) is 9.87. The van der Waals surface area contributed by atoms with Crippen LogP contribution in [-0.4, -0.2) is 9.97 Å². The highest BCUT2D eigenvalue weighted by atomic mass is 19.1. The number of halogens is 1. The lowest BCUT2D eigenvalue weighted by Crippen LogP contribution is -2.05. The molecule has 17 heavy (non-hydrogen) atoms. The van der Waals surface area contributed by atoms with Crippen molar-refractivity contribution >= 4 is 5.82 Å². The van der Waals surface area contributed by atoms with Crippen molar-refractivity contribution in [2.24, 2.45) is 0 Å². The Hall–Kier alpha value is -1.97. The minimum Gasteiger partial charge on any atom is -0.364 e. The molecule has 0 aliphatic rings. The molecule has 0 bridgehead atoms. The molecule has 0 atom stereocenters. The Morgan fingerprint density at radius 3 is 2.88 bits per heavy atom. The van der Waals surface area contributed by atoms with Crippen molar-refractivity contribution in [3.63, 3.8) is 0 Å². The fourth-order valence-corrected chi connectivity index (χ4v) is 1.54. The van der Waals surface area contributed by atoms with Crippen LogP contribution < -0.4 is 5.32 Å². The van der Waals surface area contributed by atoms with E-state index in [2.05, 4.69) is 15.3 Å². The highest BCUT2D eigenvalue weighted by Crippen LogP contribution is 2.11. The first-order valence-electron chi connectivity index (χ1n) is 5.44. The third-order valence-corrected chi connectivity index (χ3v) is 2.42. The number of anilines is 1. The second-order valence-electron chi connectivity index (χ2n) is 3.93. The summed E-state index contributed by atoms with van der Waals surface area (Å²) in [6.07, 6.45) is 1.72. The number of hydrogen-bond donors (Lipinski definition) is 1. The van der Waals surface area contributed by atoms with Gasteiger partial charge in [0.05, 0.1) is 11.4 Å². The molecule has 0 aliphatic heterocycles. The van der Waals surface area contributed by atoms with Crippen LogP contribution in [0.3, 0.4) is 0 Å². The number of aromatic nitrogens is 2. The van der Waals surface area contributed by atoms with Gasteiger partial charge < -0.3 is 5.32 Å². The molecule has 1 aromatic carbocycles. The summed E-state index contributed by atoms with van der Waals surface area (Å²) in [4.78, 5) is 8.55. The van der Waals surface area contributed by atoms with Crippen molar-refractivity contribution < 1.29 is 4.39 Å². The Morgan fingerprint density at radius 2 is 2.12 bits per heavy atom. The SMILES string of the molecule is Cc1cnc(C)c(NCc2cccc(F)c2)n1. The van der Waals surface area contributed by atoms with Crippen LogP contribution in [0.1, 0.15) is 17.0 Å². The quantitative estimate of drug-likeness (QED) is 0.882. The second kappa shape index (κ2) is 4.91. The molecule has 1 aromatic heterocycles. The fraction of sp³-hybridized carbons (Fsp3) is 0.231. The molecular formula is C13H14FN3. The molecular weight excluding hydrogens is 217 g/mol. The van der Waals surface area contributed by atoms with Gasteiger partial charge in [0, 0.05) is 12.7 Å². The van der Waals surface area contributed by atoms with Gasteiger partial charge in [-0.2, -0.15) is 0 Å². The third-order valence-electron chi connectivity index (χ3n) is 2.42. The lowest BCUT2D eigenvalue weighted by molar-refractivity contribution is 0.626. The standard InChI is InChI=1S/C13H14FN3/c1-9-7-15-10(2)13(17-9)16-8-11-4-3-5-12(14)6-11/h3-7H,8H2,1-2H3,(H,16,17). The Bertz CT molecular complexity index is 526. The van der Waals surface area contributed by atoms with Crippen molar-refractivity contribution in [2.45, 2.75) is 20.4 Å². The molecule has 0 saturated carbocycles. The zero-order valence-electron chi connectivity index (χ0n) is 9.87. The highest BCUT2D eigenvalue weighted by Gasteiger charge is 2.02. The van der Waals surface area contributed by atoms with Crippen LogP contribution in [0.2, 0.25) is 0 Å². The number of hydrogen-bond acceptors (Lipinski definition) is 3. The Balaban J connectivity index is 2.09. The third kappa shape index (κ3) is 3.00. The average molecular weight is 231 g/mol. The minimum atomic E-state index is -0.226. The van der Waals surface area contributed by atoms with E-state index in [0.717, 1.165) is 22.8 Å². The number of aryl methyl sites for hydroxylation is 2. The first kappa shape index (κ1) is 11.5. The van der Waals surface area contributed by atoms with Gasteiger partial charge in [-0.1, -0.05) is 12.1 Å². The monoisotopic (exact) mass is 231 g/mol. The molecule has 0 aliphatic carbocycles. The van der Waals surface area contributed by atoms with Crippen molar-refractivity contribution in [2.75, 3.05) is 5.32 Å². The smallest absolute Gasteiger partial charge is 0.148 e. The van der Waals surface area contributed by atoms with Gasteiger partial charge >= 0.3 is 0 Å². The van der Waals surface area contributed by atoms with Gasteiger partial charge in [-0.25, -0.2) is 9.37 Å². The lowest BCUT2D eigenvalue weighted by Gasteiger charge is -2.08. The zero-order chi connectivity index (χ0) is 12.3. The second-order valence-corrected chi connectivity index (χ2v) is 3.93. The summed E-state index contributed by atoms with van der Waals surface area (Å²) in [7, 11) is 0. The van der Waals surface area contributed by atoms with E-state index in [1.807, 2.05) is 19.9 Å². The Morgan fingerprint density at radius 1 is 1.29 bits per heavy atom. The van der Waals surface area contributed by atoms with Crippen molar-refractivity contribution in [1.82, 2.24) is 9.97 Å². The summed E-state index contributed by atoms with van der Waals surface area (Å²) in [6.45, 7) is 4.32. The van der Waals surface area contributed by atoms with Crippen molar-refractivity contribution in [3.05, 3.63) is 53.2 Å². The Labute approximate surface area is 99.7 Å². The van der Waals surface area contributed by atoms with Gasteiger partial charge in [-0.05, 0) is 31.5 Å². The van der Waals surface area contributed by atoms with E-state index in [9.17, 15) is 4.39 Å². The first-order valence-corrected chi connectivity index (χ1v) is 5.44. The predicted molar refractivity (Wildman–Crippen MR) is 65.2 cm³/mol. The summed E-state index contributed by atoms with van der Waals surface area (Å²) >= 11 is 0. The van der Waals surface area contributed by atoms with E-state index in [1.165, 1.54) is 12.1 Å². The van der Waals surface area contributed by atoms with E-state index in [0.29, 0.717) is 6.54 Å². The van der Waals surface area contributed by atoms with Gasteiger partial charge in [-0.15, -0.1) is 0 Å². The van der Waals surface area contributed by atoms with Crippen LogP contribution in [0.5, 0.6) is 0 Å². The maximum atomic E-state index is 13.0. The molecule has 0 unspecified atom stereocenters. The molecule has 1 N–H and O–H groups in total. The molecule has 0 saturated heterocycles. The maximum Gasteiger partial charge on any atom is 0.148 e. The van der Waals surface area contributed by atoms with Crippen molar-refractivity contribution in [3.8, 4) is 0 Å². The highest BCUT2D eigenvalue weighted by molar-refractivity contribution is 5.40. The largest absolute Gasteiger partial charge is 0.364 e. The molecule has 1 heterocycles. The normalized spacial score (nSPS) is 10.3. The molecule has 0 spiro atoms. The number of benzene rings is 1. The molecule has 88 valence electrons. The fourth-order valence-electron chi connectivity index (χ4n) is 1.54. The lowest BCUT2D eigenvalue weighted by atomic mass is 10.2. The van der Waals surface area contributed by atoms with Crippen LogP contribution >= 0.6 is 0 Å². The average Bonchev–Trinajstić information content (AvgIpc) is 2.30. The van der Waals surface area contributed by atoms with Crippen LogP contribution in [0, 0.1) is 19.7 Å². The summed E-state index contributed by atoms with van der Waals surface area (Å²) in [5.74, 6) is 0.519. The van der Waals surface area contributed by atoms with E-state index in [4.69, 9.17) is 0 Å². The maximum absolute atomic E-state index is 13.0. The van der Waals surface area contributed by atoms with Crippen LogP contribution in [0.4, 0.5) is 10.2 Å². The summed E-state index contributed by atoms with van der Waals surface area (Å²) < 4.78 is 13.0. The number of nitrogens with one attached hydrogen (secondary N) is 1. The minimum absolute atomic E-state index is 0.226. The molecule has 0 fully saturated rings. The summed E-state index contributed by atoms with van der Waals surface area (Å²) in [5, 5.41) is 3.16. The molecule has 3 nitrogen and oxygen atoms in total. The van der Waals surface area contributed by atoms with Crippen LogP contribution in [0.25, 0.3) is 0 Å². The predicted octanol–water partition coefficient (Wildman–Crippen LogP) is 2.84. The topological polar surface area (TPSA) is 37.8 Å². The van der Waals surface area contributed by atoms with Gasteiger partial charge in [0.2, 0.25) is 0 Å². The molecule has 2 rings (SSSR count). The van der Waals surface area contributed by atoms with Gasteiger partial charge in [0.15, 0.2) is 0 Å². The molecule has 4 heteroatoms. The van der Waals surface area contributed by atoms with Gasteiger partial charge in [0.25, 0.3) is 0 Å². The summed E-state index contributed by atoms with van der Waals surface area (Å²) in [6, 6.07) is 6.50. The van der Waals surface area contributed by atoms with E-state index < -0.39 is 0 Å². The number of rotatable bonds is 3. The van der Waals surface area contributed by atoms with Crippen molar-refractivity contribution in [1.29, 1.82) is 0 Å². The van der Waals surface area contributed by atoms with E-state index in [-0.39, 0.29) is 5.82 Å². The molecule has 0 radical (unpaired) electrons. The number of nitrogens with zero attached hydrogens (tertiary/aromatic N) is 2. The van der Waals surface area contributed by atoms with E-state index >= 15 is 0 Å². The first-order chi connectivity index (χ1) is 8.15. The van der Waals surface area contributed by atoms with Gasteiger partial charge in [-0.3, -0.25) is 4.98 Å². The molecule has 0 amide bonds. The summed E-state index contributed by atoms with van der Waals surface area (Å²) in [5.41, 5.74) is 2.58. The van der Waals surface area contributed by atoms with Crippen LogP contribution in [0.15, 0.2) is 30.5 Å². The van der Waals surface area contributed by atoms with E-state index in [1.54, 1.807) is 12.3 Å².